The van der Waals surface area contributed by atoms with Crippen molar-refractivity contribution in [3.8, 4) is 0 Å². The molecule has 0 N–H and O–H groups in total. The van der Waals surface area contributed by atoms with Gasteiger partial charge in [0, 0.05) is 19.1 Å². The van der Waals surface area contributed by atoms with Crippen molar-refractivity contribution >= 4 is 6.29 Å². The number of benzene rings is 1. The molecule has 80 valence electrons. The molecule has 0 amide bonds. The zero-order chi connectivity index (χ0) is 10.5. The highest BCUT2D eigenvalue weighted by molar-refractivity contribution is 5.62. The van der Waals surface area contributed by atoms with E-state index in [1.165, 1.54) is 0 Å². The van der Waals surface area contributed by atoms with Gasteiger partial charge in [-0.3, -0.25) is 0 Å². The number of ether oxygens (including phenoxy) is 1. The number of carbonyl (C=O) groups is 1. The predicted molar refractivity (Wildman–Crippen MR) is 58.8 cm³/mol. The third kappa shape index (κ3) is 2.45. The molecular weight excluding hydrogens is 188 g/mol. The summed E-state index contributed by atoms with van der Waals surface area (Å²) in [5.74, 6) is 0.508. The van der Waals surface area contributed by atoms with E-state index in [2.05, 4.69) is 0 Å². The maximum atomic E-state index is 11.2. The van der Waals surface area contributed by atoms with Gasteiger partial charge in [0.05, 0.1) is 0 Å². The van der Waals surface area contributed by atoms with Crippen molar-refractivity contribution in [3.05, 3.63) is 35.9 Å². The van der Waals surface area contributed by atoms with Gasteiger partial charge in [-0.25, -0.2) is 0 Å². The molecule has 0 bridgehead atoms. The largest absolute Gasteiger partial charge is 0.381 e. The molecule has 0 radical (unpaired) electrons. The Morgan fingerprint density at radius 1 is 1.20 bits per heavy atom. The Morgan fingerprint density at radius 3 is 2.47 bits per heavy atom. The topological polar surface area (TPSA) is 26.3 Å². The SMILES string of the molecule is O=C[C@@H](c1ccccc1)C1CCOCC1. The second-order valence-electron chi connectivity index (χ2n) is 4.02. The monoisotopic (exact) mass is 204 g/mol. The molecule has 1 aliphatic heterocycles. The van der Waals surface area contributed by atoms with Gasteiger partial charge < -0.3 is 9.53 Å². The third-order valence-electron chi connectivity index (χ3n) is 3.10. The highest BCUT2D eigenvalue weighted by Crippen LogP contribution is 2.30. The fourth-order valence-electron chi connectivity index (χ4n) is 2.21. The molecule has 1 aromatic rings. The van der Waals surface area contributed by atoms with E-state index in [9.17, 15) is 4.79 Å². The molecule has 1 fully saturated rings. The van der Waals surface area contributed by atoms with Gasteiger partial charge in [-0.2, -0.15) is 0 Å². The Balaban J connectivity index is 2.12. The van der Waals surface area contributed by atoms with Gasteiger partial charge in [-0.05, 0) is 24.3 Å². The minimum absolute atomic E-state index is 0.0510. The fourth-order valence-corrected chi connectivity index (χ4v) is 2.21. The first kappa shape index (κ1) is 10.4. The Hall–Kier alpha value is -1.15. The van der Waals surface area contributed by atoms with E-state index < -0.39 is 0 Å². The van der Waals surface area contributed by atoms with Crippen molar-refractivity contribution in [2.75, 3.05) is 13.2 Å². The van der Waals surface area contributed by atoms with Crippen LogP contribution in [-0.4, -0.2) is 19.5 Å². The lowest BCUT2D eigenvalue weighted by atomic mass is 9.82. The van der Waals surface area contributed by atoms with Crippen LogP contribution in [0, 0.1) is 5.92 Å². The lowest BCUT2D eigenvalue weighted by Gasteiger charge is -2.27. The van der Waals surface area contributed by atoms with Crippen LogP contribution in [0.2, 0.25) is 0 Å². The molecule has 0 aromatic heterocycles. The number of aldehydes is 1. The average molecular weight is 204 g/mol. The fraction of sp³-hybridized carbons (Fsp3) is 0.462. The zero-order valence-corrected chi connectivity index (χ0v) is 8.76. The van der Waals surface area contributed by atoms with Crippen LogP contribution >= 0.6 is 0 Å². The van der Waals surface area contributed by atoms with E-state index in [-0.39, 0.29) is 5.92 Å². The van der Waals surface area contributed by atoms with Gasteiger partial charge in [-0.1, -0.05) is 30.3 Å². The highest BCUT2D eigenvalue weighted by Gasteiger charge is 2.24. The summed E-state index contributed by atoms with van der Waals surface area (Å²) in [6.45, 7) is 1.59. The highest BCUT2D eigenvalue weighted by atomic mass is 16.5. The third-order valence-corrected chi connectivity index (χ3v) is 3.10. The summed E-state index contributed by atoms with van der Waals surface area (Å²) < 4.78 is 5.31. The minimum Gasteiger partial charge on any atom is -0.381 e. The molecule has 1 atom stereocenters. The summed E-state index contributed by atoms with van der Waals surface area (Å²) in [5.41, 5.74) is 1.14. The van der Waals surface area contributed by atoms with Crippen LogP contribution in [0.15, 0.2) is 30.3 Å². The molecule has 0 saturated carbocycles. The molecule has 1 heterocycles. The van der Waals surface area contributed by atoms with Gasteiger partial charge in [0.15, 0.2) is 0 Å². The van der Waals surface area contributed by atoms with E-state index in [1.807, 2.05) is 30.3 Å². The van der Waals surface area contributed by atoms with E-state index in [1.54, 1.807) is 0 Å². The van der Waals surface area contributed by atoms with Crippen molar-refractivity contribution in [2.24, 2.45) is 5.92 Å². The Bertz CT molecular complexity index is 302. The van der Waals surface area contributed by atoms with Crippen molar-refractivity contribution in [2.45, 2.75) is 18.8 Å². The molecular formula is C13H16O2. The zero-order valence-electron chi connectivity index (χ0n) is 8.76. The molecule has 1 saturated heterocycles. The number of carbonyl (C=O) groups excluding carboxylic acids is 1. The lowest BCUT2D eigenvalue weighted by Crippen LogP contribution is -2.22. The van der Waals surface area contributed by atoms with Crippen LogP contribution in [0.4, 0.5) is 0 Å². The summed E-state index contributed by atoms with van der Waals surface area (Å²) in [7, 11) is 0. The van der Waals surface area contributed by atoms with Gasteiger partial charge in [0.2, 0.25) is 0 Å². The Morgan fingerprint density at radius 2 is 1.87 bits per heavy atom. The Kier molecular flexibility index (Phi) is 3.51. The van der Waals surface area contributed by atoms with Gasteiger partial charge >= 0.3 is 0 Å². The quantitative estimate of drug-likeness (QED) is 0.707. The molecule has 2 nitrogen and oxygen atoms in total. The van der Waals surface area contributed by atoms with Crippen LogP contribution in [0.5, 0.6) is 0 Å². The predicted octanol–water partition coefficient (Wildman–Crippen LogP) is 2.40. The first-order chi connectivity index (χ1) is 7.42. The van der Waals surface area contributed by atoms with Crippen molar-refractivity contribution in [3.63, 3.8) is 0 Å². The molecule has 2 heteroatoms. The molecule has 0 unspecified atom stereocenters. The molecule has 2 rings (SSSR count). The maximum Gasteiger partial charge on any atom is 0.127 e. The number of hydrogen-bond acceptors (Lipinski definition) is 2. The summed E-state index contributed by atoms with van der Waals surface area (Å²) >= 11 is 0. The standard InChI is InChI=1S/C13H16O2/c14-10-13(11-4-2-1-3-5-11)12-6-8-15-9-7-12/h1-5,10,12-13H,6-9H2/t13-/m0/s1. The summed E-state index contributed by atoms with van der Waals surface area (Å²) in [4.78, 5) is 11.2. The molecule has 1 aliphatic rings. The second-order valence-corrected chi connectivity index (χ2v) is 4.02. The van der Waals surface area contributed by atoms with E-state index in [0.29, 0.717) is 5.92 Å². The number of hydrogen-bond donors (Lipinski definition) is 0. The van der Waals surface area contributed by atoms with Gasteiger partial charge in [0.25, 0.3) is 0 Å². The van der Waals surface area contributed by atoms with Crippen molar-refractivity contribution < 1.29 is 9.53 Å². The smallest absolute Gasteiger partial charge is 0.127 e. The lowest BCUT2D eigenvalue weighted by molar-refractivity contribution is -0.110. The number of rotatable bonds is 3. The summed E-state index contributed by atoms with van der Waals surface area (Å²) in [5, 5.41) is 0. The normalized spacial score (nSPS) is 19.7. The first-order valence-electron chi connectivity index (χ1n) is 5.50. The first-order valence-corrected chi connectivity index (χ1v) is 5.50. The van der Waals surface area contributed by atoms with Crippen molar-refractivity contribution in [1.29, 1.82) is 0 Å². The molecule has 0 aliphatic carbocycles. The van der Waals surface area contributed by atoms with Crippen LogP contribution in [0.25, 0.3) is 0 Å². The van der Waals surface area contributed by atoms with Crippen LogP contribution in [-0.2, 0) is 9.53 Å². The van der Waals surface area contributed by atoms with Gasteiger partial charge in [-0.15, -0.1) is 0 Å². The average Bonchev–Trinajstić information content (AvgIpc) is 2.33. The summed E-state index contributed by atoms with van der Waals surface area (Å²) in [6.07, 6.45) is 3.09. The summed E-state index contributed by atoms with van der Waals surface area (Å²) in [6, 6.07) is 10.0. The minimum atomic E-state index is 0.0510. The van der Waals surface area contributed by atoms with E-state index in [4.69, 9.17) is 4.74 Å². The molecule has 0 spiro atoms. The molecule has 1 aromatic carbocycles. The second kappa shape index (κ2) is 5.08. The maximum absolute atomic E-state index is 11.2. The molecule has 15 heavy (non-hydrogen) atoms. The van der Waals surface area contributed by atoms with Crippen LogP contribution < -0.4 is 0 Å². The van der Waals surface area contributed by atoms with Crippen LogP contribution in [0.3, 0.4) is 0 Å². The van der Waals surface area contributed by atoms with E-state index in [0.717, 1.165) is 37.9 Å². The van der Waals surface area contributed by atoms with Crippen LogP contribution in [0.1, 0.15) is 24.3 Å². The van der Waals surface area contributed by atoms with E-state index >= 15 is 0 Å². The van der Waals surface area contributed by atoms with Crippen molar-refractivity contribution in [1.82, 2.24) is 0 Å². The Labute approximate surface area is 90.3 Å². The van der Waals surface area contributed by atoms with Gasteiger partial charge in [0.1, 0.15) is 6.29 Å².